The molecule has 1 aromatic heterocycles. The van der Waals surface area contributed by atoms with Gasteiger partial charge < -0.3 is 10.0 Å². The third kappa shape index (κ3) is 2.59. The molecule has 1 N–H and O–H groups in total. The quantitative estimate of drug-likeness (QED) is 0.889. The van der Waals surface area contributed by atoms with E-state index < -0.39 is 0 Å². The third-order valence-electron chi connectivity index (χ3n) is 3.47. The van der Waals surface area contributed by atoms with Crippen LogP contribution >= 0.6 is 11.3 Å². The Balaban J connectivity index is 2.06. The monoisotopic (exact) mass is 267 g/mol. The molecule has 1 amide bonds. The van der Waals surface area contributed by atoms with Crippen LogP contribution in [0.2, 0.25) is 0 Å². The maximum atomic E-state index is 12.2. The van der Waals surface area contributed by atoms with Gasteiger partial charge in [0.05, 0.1) is 4.88 Å². The highest BCUT2D eigenvalue weighted by molar-refractivity contribution is 7.14. The lowest BCUT2D eigenvalue weighted by Crippen LogP contribution is -2.51. The Morgan fingerprint density at radius 1 is 1.50 bits per heavy atom. The summed E-state index contributed by atoms with van der Waals surface area (Å²) in [5, 5.41) is 8.98. The average Bonchev–Trinajstić information content (AvgIpc) is 2.71. The molecule has 0 aliphatic carbocycles. The van der Waals surface area contributed by atoms with Crippen LogP contribution in [0.25, 0.3) is 0 Å². The highest BCUT2D eigenvalue weighted by Gasteiger charge is 2.31. The minimum atomic E-state index is 0.141. The van der Waals surface area contributed by atoms with E-state index in [0.29, 0.717) is 13.1 Å². The summed E-state index contributed by atoms with van der Waals surface area (Å²) in [5.41, 5.74) is 1.32. The van der Waals surface area contributed by atoms with Gasteiger partial charge in [0.25, 0.3) is 5.91 Å². The van der Waals surface area contributed by atoms with E-state index >= 15 is 0 Å². The van der Waals surface area contributed by atoms with Crippen LogP contribution < -0.4 is 0 Å². The first-order valence-corrected chi connectivity index (χ1v) is 7.52. The largest absolute Gasteiger partial charge is 0.396 e. The van der Waals surface area contributed by atoms with Crippen molar-refractivity contribution in [2.45, 2.75) is 33.1 Å². The van der Waals surface area contributed by atoms with Crippen molar-refractivity contribution in [2.75, 3.05) is 19.7 Å². The normalized spacial score (nSPS) is 15.8. The first kappa shape index (κ1) is 13.6. The number of rotatable bonds is 5. The van der Waals surface area contributed by atoms with Gasteiger partial charge in [-0.15, -0.1) is 11.3 Å². The number of carbonyl (C=O) groups is 1. The number of amides is 1. The van der Waals surface area contributed by atoms with Crippen LogP contribution in [0.4, 0.5) is 0 Å². The number of carbonyl (C=O) groups excluding carboxylic acids is 1. The highest BCUT2D eigenvalue weighted by Crippen LogP contribution is 2.27. The number of thiophene rings is 1. The van der Waals surface area contributed by atoms with E-state index in [0.717, 1.165) is 24.1 Å². The molecule has 100 valence electrons. The number of aryl methyl sites for hydroxylation is 2. The number of likely N-dealkylation sites (tertiary alicyclic amines) is 1. The second-order valence-corrected chi connectivity index (χ2v) is 6.06. The molecule has 0 saturated carbocycles. The molecule has 1 aliphatic rings. The van der Waals surface area contributed by atoms with Crippen LogP contribution in [0.3, 0.4) is 0 Å². The minimum Gasteiger partial charge on any atom is -0.396 e. The Hall–Kier alpha value is -0.870. The summed E-state index contributed by atoms with van der Waals surface area (Å²) in [5.74, 6) is 0.427. The number of hydrogen-bond donors (Lipinski definition) is 1. The van der Waals surface area contributed by atoms with Crippen molar-refractivity contribution in [2.24, 2.45) is 5.92 Å². The van der Waals surface area contributed by atoms with Crippen LogP contribution in [0, 0.1) is 5.92 Å². The molecule has 0 unspecified atom stereocenters. The zero-order valence-electron chi connectivity index (χ0n) is 11.1. The van der Waals surface area contributed by atoms with Gasteiger partial charge in [-0.25, -0.2) is 0 Å². The molecular formula is C14H21NO2S. The zero-order chi connectivity index (χ0) is 13.1. The van der Waals surface area contributed by atoms with Gasteiger partial charge in [-0.2, -0.15) is 0 Å². The fraction of sp³-hybridized carbons (Fsp3) is 0.643. The van der Waals surface area contributed by atoms with Gasteiger partial charge >= 0.3 is 0 Å². The molecule has 0 spiro atoms. The second-order valence-electron chi connectivity index (χ2n) is 4.92. The summed E-state index contributed by atoms with van der Waals surface area (Å²) >= 11 is 1.65. The van der Waals surface area contributed by atoms with Crippen molar-refractivity contribution in [1.29, 1.82) is 0 Å². The molecule has 1 fully saturated rings. The molecule has 0 aromatic carbocycles. The average molecular weight is 267 g/mol. The fourth-order valence-corrected chi connectivity index (χ4v) is 3.64. The van der Waals surface area contributed by atoms with E-state index in [-0.39, 0.29) is 18.4 Å². The van der Waals surface area contributed by atoms with Crippen LogP contribution in [-0.2, 0) is 12.8 Å². The minimum absolute atomic E-state index is 0.141. The predicted octanol–water partition coefficient (Wildman–Crippen LogP) is 2.33. The van der Waals surface area contributed by atoms with Crippen molar-refractivity contribution < 1.29 is 9.90 Å². The summed E-state index contributed by atoms with van der Waals surface area (Å²) in [7, 11) is 0. The van der Waals surface area contributed by atoms with Crippen molar-refractivity contribution in [1.82, 2.24) is 4.90 Å². The van der Waals surface area contributed by atoms with E-state index in [1.807, 2.05) is 4.90 Å². The Kier molecular flexibility index (Phi) is 4.40. The van der Waals surface area contributed by atoms with Crippen molar-refractivity contribution >= 4 is 17.2 Å². The van der Waals surface area contributed by atoms with Gasteiger partial charge in [0.2, 0.25) is 0 Å². The molecule has 0 atom stereocenters. The SMILES string of the molecule is CCCc1sc(C(=O)N2CC(CO)C2)cc1CC. The summed E-state index contributed by atoms with van der Waals surface area (Å²) in [6, 6.07) is 2.06. The van der Waals surface area contributed by atoms with Gasteiger partial charge in [0.1, 0.15) is 0 Å². The van der Waals surface area contributed by atoms with E-state index in [4.69, 9.17) is 5.11 Å². The Bertz CT molecular complexity index is 421. The lowest BCUT2D eigenvalue weighted by molar-refractivity contribution is 0.0366. The Labute approximate surface area is 112 Å². The Morgan fingerprint density at radius 2 is 2.22 bits per heavy atom. The summed E-state index contributed by atoms with van der Waals surface area (Å²) in [6.07, 6.45) is 3.19. The number of aliphatic hydroxyl groups excluding tert-OH is 1. The topological polar surface area (TPSA) is 40.5 Å². The van der Waals surface area contributed by atoms with Gasteiger partial charge in [-0.05, 0) is 24.5 Å². The van der Waals surface area contributed by atoms with E-state index in [1.54, 1.807) is 11.3 Å². The van der Waals surface area contributed by atoms with Gasteiger partial charge in [0.15, 0.2) is 0 Å². The Morgan fingerprint density at radius 3 is 2.78 bits per heavy atom. The maximum Gasteiger partial charge on any atom is 0.263 e. The highest BCUT2D eigenvalue weighted by atomic mass is 32.1. The first-order chi connectivity index (χ1) is 8.69. The molecule has 4 heteroatoms. The first-order valence-electron chi connectivity index (χ1n) is 6.71. The third-order valence-corrected chi connectivity index (χ3v) is 4.69. The molecule has 0 radical (unpaired) electrons. The molecule has 1 aliphatic heterocycles. The molecule has 1 aromatic rings. The van der Waals surface area contributed by atoms with Gasteiger partial charge in [0, 0.05) is 30.5 Å². The number of hydrogen-bond acceptors (Lipinski definition) is 3. The van der Waals surface area contributed by atoms with Crippen LogP contribution in [-0.4, -0.2) is 35.6 Å². The zero-order valence-corrected chi connectivity index (χ0v) is 11.9. The smallest absolute Gasteiger partial charge is 0.263 e. The van der Waals surface area contributed by atoms with E-state index in [1.165, 1.54) is 10.4 Å². The summed E-state index contributed by atoms with van der Waals surface area (Å²) < 4.78 is 0. The lowest BCUT2D eigenvalue weighted by atomic mass is 10.0. The summed E-state index contributed by atoms with van der Waals surface area (Å²) in [4.78, 5) is 16.3. The maximum absolute atomic E-state index is 12.2. The van der Waals surface area contributed by atoms with Crippen molar-refractivity contribution in [3.8, 4) is 0 Å². The van der Waals surface area contributed by atoms with Crippen LogP contribution in [0.5, 0.6) is 0 Å². The molecule has 0 bridgehead atoms. The van der Waals surface area contributed by atoms with Gasteiger partial charge in [-0.3, -0.25) is 4.79 Å². The molecule has 3 nitrogen and oxygen atoms in total. The van der Waals surface area contributed by atoms with Crippen molar-refractivity contribution in [3.05, 3.63) is 21.4 Å². The molecular weight excluding hydrogens is 246 g/mol. The summed E-state index contributed by atoms with van der Waals surface area (Å²) in [6.45, 7) is 5.91. The van der Waals surface area contributed by atoms with E-state index in [9.17, 15) is 4.79 Å². The number of aliphatic hydroxyl groups is 1. The van der Waals surface area contributed by atoms with Gasteiger partial charge in [-0.1, -0.05) is 20.3 Å². The second kappa shape index (κ2) is 5.85. The lowest BCUT2D eigenvalue weighted by Gasteiger charge is -2.37. The molecule has 18 heavy (non-hydrogen) atoms. The van der Waals surface area contributed by atoms with Crippen LogP contribution in [0.1, 0.15) is 40.4 Å². The van der Waals surface area contributed by atoms with Crippen LogP contribution in [0.15, 0.2) is 6.07 Å². The predicted molar refractivity (Wildman–Crippen MR) is 74.2 cm³/mol. The fourth-order valence-electron chi connectivity index (χ4n) is 2.32. The van der Waals surface area contributed by atoms with Crippen molar-refractivity contribution in [3.63, 3.8) is 0 Å². The van der Waals surface area contributed by atoms with E-state index in [2.05, 4.69) is 19.9 Å². The molecule has 2 rings (SSSR count). The number of nitrogens with zero attached hydrogens (tertiary/aromatic N) is 1. The molecule has 1 saturated heterocycles. The molecule has 2 heterocycles. The standard InChI is InChI=1S/C14H21NO2S/c1-3-5-12-11(4-2)6-13(18-12)14(17)15-7-10(8-15)9-16/h6,10,16H,3-5,7-9H2,1-2H3.